The number of rotatable bonds is 5. The standard InChI is InChI=1S/C28H22FN7O3/c1-15(37)39-18-11-9-17(10-12-18)28(2)21-23(30)32-25(33-24(21)34-27(28)38)22-19-7-5-13-31-26(19)36(35-22)14-16-6-3-4-8-20(16)29/h3-13H,14H2,1-2H3,(H3,30,32,33,34,38)/t28-/m0/s1. The van der Waals surface area contributed by atoms with E-state index in [0.717, 1.165) is 0 Å². The van der Waals surface area contributed by atoms with Crippen molar-refractivity contribution in [1.82, 2.24) is 24.7 Å². The van der Waals surface area contributed by atoms with Crippen molar-refractivity contribution in [3.63, 3.8) is 0 Å². The van der Waals surface area contributed by atoms with E-state index in [1.54, 1.807) is 66.3 Å². The average molecular weight is 524 g/mol. The maximum absolute atomic E-state index is 14.4. The summed E-state index contributed by atoms with van der Waals surface area (Å²) in [5, 5.41) is 8.15. The molecule has 1 aliphatic rings. The molecule has 1 atom stereocenters. The molecule has 4 heterocycles. The van der Waals surface area contributed by atoms with E-state index >= 15 is 0 Å². The Kier molecular flexibility index (Phi) is 5.56. The number of nitrogens with zero attached hydrogens (tertiary/aromatic N) is 5. The Morgan fingerprint density at radius 3 is 2.62 bits per heavy atom. The van der Waals surface area contributed by atoms with Crippen LogP contribution in [-0.4, -0.2) is 36.6 Å². The molecular weight excluding hydrogens is 501 g/mol. The van der Waals surface area contributed by atoms with Crippen LogP contribution in [0.5, 0.6) is 5.75 Å². The fourth-order valence-corrected chi connectivity index (χ4v) is 4.88. The number of fused-ring (bicyclic) bond motifs is 2. The number of hydrogen-bond acceptors (Lipinski definition) is 8. The van der Waals surface area contributed by atoms with Gasteiger partial charge in [0.1, 0.15) is 34.3 Å². The Hall–Kier alpha value is -5.19. The van der Waals surface area contributed by atoms with Crippen LogP contribution in [0.2, 0.25) is 0 Å². The number of halogens is 1. The SMILES string of the molecule is CC(=O)Oc1ccc([C@]2(C)C(=O)Nc3nc(-c4nn(Cc5ccccc5F)c5ncccc45)nc(N)c32)cc1. The third-order valence-electron chi connectivity index (χ3n) is 6.81. The first-order valence-corrected chi connectivity index (χ1v) is 12.1. The van der Waals surface area contributed by atoms with Crippen LogP contribution in [0.1, 0.15) is 30.5 Å². The molecule has 11 heteroatoms. The van der Waals surface area contributed by atoms with Gasteiger partial charge in [0.15, 0.2) is 11.5 Å². The first-order valence-electron chi connectivity index (χ1n) is 12.1. The lowest BCUT2D eigenvalue weighted by atomic mass is 9.78. The van der Waals surface area contributed by atoms with Crippen molar-refractivity contribution in [2.75, 3.05) is 11.1 Å². The molecule has 5 aromatic rings. The number of nitrogens with two attached hydrogens (primary N) is 1. The molecule has 3 aromatic heterocycles. The molecule has 194 valence electrons. The lowest BCUT2D eigenvalue weighted by Gasteiger charge is -2.23. The van der Waals surface area contributed by atoms with Crippen molar-refractivity contribution in [3.8, 4) is 17.3 Å². The summed E-state index contributed by atoms with van der Waals surface area (Å²) in [7, 11) is 0. The molecule has 0 spiro atoms. The van der Waals surface area contributed by atoms with E-state index in [9.17, 15) is 14.0 Å². The lowest BCUT2D eigenvalue weighted by molar-refractivity contribution is -0.131. The second-order valence-corrected chi connectivity index (χ2v) is 9.33. The third kappa shape index (κ3) is 3.95. The minimum atomic E-state index is -1.18. The van der Waals surface area contributed by atoms with Gasteiger partial charge in [-0.15, -0.1) is 0 Å². The highest BCUT2D eigenvalue weighted by Crippen LogP contribution is 2.45. The van der Waals surface area contributed by atoms with Crippen molar-refractivity contribution < 1.29 is 18.7 Å². The summed E-state index contributed by atoms with van der Waals surface area (Å²) >= 11 is 0. The van der Waals surface area contributed by atoms with E-state index < -0.39 is 11.4 Å². The molecule has 0 saturated carbocycles. The number of nitrogen functional groups attached to an aromatic ring is 1. The van der Waals surface area contributed by atoms with E-state index in [2.05, 4.69) is 25.4 Å². The highest BCUT2D eigenvalue weighted by molar-refractivity contribution is 6.09. The van der Waals surface area contributed by atoms with Crippen LogP contribution in [-0.2, 0) is 21.5 Å². The summed E-state index contributed by atoms with van der Waals surface area (Å²) < 4.78 is 21.1. The third-order valence-corrected chi connectivity index (χ3v) is 6.81. The predicted octanol–water partition coefficient (Wildman–Crippen LogP) is 3.84. The molecule has 3 N–H and O–H groups in total. The van der Waals surface area contributed by atoms with Gasteiger partial charge in [-0.2, -0.15) is 5.10 Å². The van der Waals surface area contributed by atoms with E-state index in [4.69, 9.17) is 10.5 Å². The molecule has 0 saturated heterocycles. The Labute approximate surface area is 221 Å². The molecular formula is C28H22FN7O3. The first kappa shape index (κ1) is 24.2. The zero-order valence-corrected chi connectivity index (χ0v) is 21.0. The predicted molar refractivity (Wildman–Crippen MR) is 141 cm³/mol. The number of carbonyl (C=O) groups is 2. The van der Waals surface area contributed by atoms with Crippen molar-refractivity contribution in [2.24, 2.45) is 0 Å². The Balaban J connectivity index is 1.43. The van der Waals surface area contributed by atoms with Crippen molar-refractivity contribution >= 4 is 34.5 Å². The van der Waals surface area contributed by atoms with Gasteiger partial charge in [-0.1, -0.05) is 30.3 Å². The smallest absolute Gasteiger partial charge is 0.308 e. The number of pyridine rings is 1. The monoisotopic (exact) mass is 523 g/mol. The van der Waals surface area contributed by atoms with Crippen LogP contribution in [0.15, 0.2) is 66.9 Å². The number of carbonyl (C=O) groups excluding carboxylic acids is 2. The van der Waals surface area contributed by atoms with Crippen LogP contribution in [0, 0.1) is 5.82 Å². The number of esters is 1. The maximum atomic E-state index is 14.4. The van der Waals surface area contributed by atoms with Gasteiger partial charge in [-0.25, -0.2) is 24.0 Å². The molecule has 39 heavy (non-hydrogen) atoms. The zero-order valence-electron chi connectivity index (χ0n) is 21.0. The van der Waals surface area contributed by atoms with Crippen LogP contribution >= 0.6 is 0 Å². The Morgan fingerprint density at radius 1 is 1.10 bits per heavy atom. The second kappa shape index (κ2) is 8.98. The number of benzene rings is 2. The van der Waals surface area contributed by atoms with Crippen LogP contribution in [0.4, 0.5) is 16.0 Å². The molecule has 0 unspecified atom stereocenters. The summed E-state index contributed by atoms with van der Waals surface area (Å²) in [4.78, 5) is 38.2. The quantitative estimate of drug-likeness (QED) is 0.262. The molecule has 0 bridgehead atoms. The molecule has 0 radical (unpaired) electrons. The lowest BCUT2D eigenvalue weighted by Crippen LogP contribution is -2.32. The minimum absolute atomic E-state index is 0.112. The second-order valence-electron chi connectivity index (χ2n) is 9.33. The number of nitrogens with one attached hydrogen (secondary N) is 1. The fraction of sp³-hybridized carbons (Fsp3) is 0.143. The number of amides is 1. The van der Waals surface area contributed by atoms with Crippen LogP contribution in [0.25, 0.3) is 22.6 Å². The number of hydrogen-bond donors (Lipinski definition) is 2. The van der Waals surface area contributed by atoms with Gasteiger partial charge in [0.2, 0.25) is 5.91 Å². The molecule has 0 aliphatic carbocycles. The minimum Gasteiger partial charge on any atom is -0.427 e. The van der Waals surface area contributed by atoms with Crippen LogP contribution in [0.3, 0.4) is 0 Å². The van der Waals surface area contributed by atoms with E-state index in [-0.39, 0.29) is 35.7 Å². The van der Waals surface area contributed by atoms with Crippen LogP contribution < -0.4 is 15.8 Å². The summed E-state index contributed by atoms with van der Waals surface area (Å²) in [5.74, 6) is -0.171. The van der Waals surface area contributed by atoms with Gasteiger partial charge in [0, 0.05) is 18.7 Å². The molecule has 1 aliphatic heterocycles. The summed E-state index contributed by atoms with van der Waals surface area (Å²) in [6, 6.07) is 16.7. The Morgan fingerprint density at radius 2 is 1.87 bits per heavy atom. The molecule has 1 amide bonds. The molecule has 0 fully saturated rings. The number of aromatic nitrogens is 5. The topological polar surface area (TPSA) is 138 Å². The highest BCUT2D eigenvalue weighted by atomic mass is 19.1. The van der Waals surface area contributed by atoms with E-state index in [1.165, 1.54) is 13.0 Å². The van der Waals surface area contributed by atoms with Crippen molar-refractivity contribution in [1.29, 1.82) is 0 Å². The van der Waals surface area contributed by atoms with Gasteiger partial charge in [-0.05, 0) is 42.8 Å². The normalized spacial score (nSPS) is 16.2. The van der Waals surface area contributed by atoms with Gasteiger partial charge in [0.25, 0.3) is 0 Å². The first-order chi connectivity index (χ1) is 18.8. The maximum Gasteiger partial charge on any atom is 0.308 e. The average Bonchev–Trinajstić information content (AvgIpc) is 3.40. The van der Waals surface area contributed by atoms with E-state index in [1.807, 2.05) is 6.07 Å². The summed E-state index contributed by atoms with van der Waals surface area (Å²) in [6.07, 6.45) is 1.63. The van der Waals surface area contributed by atoms with Gasteiger partial charge in [0.05, 0.1) is 17.5 Å². The van der Waals surface area contributed by atoms with E-state index in [0.29, 0.717) is 39.2 Å². The molecule has 10 nitrogen and oxygen atoms in total. The van der Waals surface area contributed by atoms with Crippen molar-refractivity contribution in [3.05, 3.63) is 89.4 Å². The Bertz CT molecular complexity index is 1780. The number of ether oxygens (including phenoxy) is 1. The highest BCUT2D eigenvalue weighted by Gasteiger charge is 2.47. The number of anilines is 2. The molecule has 6 rings (SSSR count). The summed E-state index contributed by atoms with van der Waals surface area (Å²) in [5.41, 5.74) is 7.73. The largest absolute Gasteiger partial charge is 0.427 e. The van der Waals surface area contributed by atoms with Gasteiger partial charge in [-0.3, -0.25) is 9.59 Å². The van der Waals surface area contributed by atoms with Gasteiger partial charge < -0.3 is 15.8 Å². The fourth-order valence-electron chi connectivity index (χ4n) is 4.88. The molecule has 2 aromatic carbocycles. The van der Waals surface area contributed by atoms with Gasteiger partial charge >= 0.3 is 5.97 Å². The van der Waals surface area contributed by atoms with Crippen molar-refractivity contribution in [2.45, 2.75) is 25.8 Å². The zero-order chi connectivity index (χ0) is 27.3. The summed E-state index contributed by atoms with van der Waals surface area (Å²) in [6.45, 7) is 3.20.